The van der Waals surface area contributed by atoms with E-state index >= 15 is 0 Å². The van der Waals surface area contributed by atoms with Crippen LogP contribution in [-0.4, -0.2) is 89.2 Å². The van der Waals surface area contributed by atoms with Crippen LogP contribution in [0.1, 0.15) is 265 Å². The molecule has 0 radical (unpaired) electrons. The lowest BCUT2D eigenvalue weighted by atomic mass is 9.98. The maximum Gasteiger partial charge on any atom is 0.335 e. The maximum atomic E-state index is 13.1. The van der Waals surface area contributed by atoms with Gasteiger partial charge >= 0.3 is 23.9 Å². The number of aliphatic carboxylic acids is 1. The van der Waals surface area contributed by atoms with Crippen LogP contribution in [0.3, 0.4) is 0 Å². The average Bonchev–Trinajstić information content (AvgIpc) is 3.47. The smallest absolute Gasteiger partial charge is 0.335 e. The maximum absolute atomic E-state index is 13.1. The molecule has 0 aromatic heterocycles. The summed E-state index contributed by atoms with van der Waals surface area (Å²) < 4.78 is 28.4. The molecule has 12 heteroatoms. The predicted octanol–water partition coefficient (Wildman–Crippen LogP) is 16.7. The first-order valence-corrected chi connectivity index (χ1v) is 31.6. The van der Waals surface area contributed by atoms with Gasteiger partial charge in [0.2, 0.25) is 0 Å². The quantitative estimate of drug-likeness (QED) is 0.0228. The van der Waals surface area contributed by atoms with Crippen molar-refractivity contribution in [3.63, 3.8) is 0 Å². The van der Waals surface area contributed by atoms with Crippen molar-refractivity contribution in [1.82, 2.24) is 0 Å². The van der Waals surface area contributed by atoms with Gasteiger partial charge in [-0.05, 0) is 83.5 Å². The minimum atomic E-state index is -1.91. The molecule has 0 aliphatic carbocycles. The summed E-state index contributed by atoms with van der Waals surface area (Å²) in [6, 6.07) is 0. The van der Waals surface area contributed by atoms with Gasteiger partial charge in [0.15, 0.2) is 24.6 Å². The lowest BCUT2D eigenvalue weighted by Gasteiger charge is -2.40. The lowest BCUT2D eigenvalue weighted by molar-refractivity contribution is -0.301. The van der Waals surface area contributed by atoms with Gasteiger partial charge in [-0.3, -0.25) is 14.4 Å². The van der Waals surface area contributed by atoms with E-state index in [9.17, 15) is 34.5 Å². The Hall–Kier alpha value is -4.10. The Balaban J connectivity index is 2.70. The highest BCUT2D eigenvalue weighted by Crippen LogP contribution is 2.26. The van der Waals surface area contributed by atoms with Crippen LogP contribution < -0.4 is 0 Å². The van der Waals surface area contributed by atoms with Crippen LogP contribution in [0.5, 0.6) is 0 Å². The number of carbonyl (C=O) groups is 4. The van der Waals surface area contributed by atoms with E-state index in [2.05, 4.69) is 93.7 Å². The average molecular weight is 1110 g/mol. The van der Waals surface area contributed by atoms with Gasteiger partial charge in [-0.25, -0.2) is 4.79 Å². The summed E-state index contributed by atoms with van der Waals surface area (Å²) in [6.07, 6.45) is 58.5. The van der Waals surface area contributed by atoms with E-state index in [-0.39, 0.29) is 25.9 Å². The number of esters is 3. The summed E-state index contributed by atoms with van der Waals surface area (Å²) in [5, 5.41) is 31.5. The van der Waals surface area contributed by atoms with Gasteiger partial charge in [-0.1, -0.05) is 247 Å². The van der Waals surface area contributed by atoms with Crippen LogP contribution in [0, 0.1) is 0 Å². The highest BCUT2D eigenvalue weighted by Gasteiger charge is 2.50. The predicted molar refractivity (Wildman–Crippen MR) is 321 cm³/mol. The summed E-state index contributed by atoms with van der Waals surface area (Å²) in [5.41, 5.74) is 0. The number of carboxylic acid groups (broad SMARTS) is 1. The monoisotopic (exact) mass is 1110 g/mol. The fourth-order valence-corrected chi connectivity index (χ4v) is 9.15. The summed E-state index contributed by atoms with van der Waals surface area (Å²) >= 11 is 0. The van der Waals surface area contributed by atoms with Crippen molar-refractivity contribution in [1.29, 1.82) is 0 Å². The molecular formula is C67H112O12. The molecule has 1 rings (SSSR count). The number of hydrogen-bond acceptors (Lipinski definition) is 11. The zero-order chi connectivity index (χ0) is 57.5. The van der Waals surface area contributed by atoms with Gasteiger partial charge in [0.1, 0.15) is 18.8 Å². The summed E-state index contributed by atoms with van der Waals surface area (Å²) in [7, 11) is 0. The van der Waals surface area contributed by atoms with Crippen LogP contribution in [0.25, 0.3) is 0 Å². The standard InChI is InChI=1S/C67H112O12/c1-4-7-10-13-16-19-22-25-27-29-30-32-33-36-38-41-44-47-50-53-59(68)75-56-58(77-60(69)54-51-48-45-42-39-35-24-21-18-15-12-9-6-3)57-76-67-65(63(72)62(71)64(79-67)66(73)74)78-61(70)55-52-49-46-43-40-37-34-31-28-26-23-20-17-14-11-8-5-2/h7,10,16,19,21,24-25,27,30,32,36,38,44,47,58,62-65,67,71-72H,4-6,8-9,11-15,17-18,20,22-23,26,28-29,31,33-35,37,39-43,45-46,48-57H2,1-3H3,(H,73,74)/b10-7-,19-16-,24-21-,27-25-,32-30-,38-36-,47-44-. The minimum absolute atomic E-state index is 0.0536. The second-order valence-electron chi connectivity index (χ2n) is 21.3. The molecule has 1 saturated heterocycles. The number of aliphatic hydroxyl groups is 2. The first-order valence-electron chi connectivity index (χ1n) is 31.6. The first kappa shape index (κ1) is 72.9. The van der Waals surface area contributed by atoms with Crippen molar-refractivity contribution in [3.8, 4) is 0 Å². The lowest BCUT2D eigenvalue weighted by Crippen LogP contribution is -2.61. The number of unbranched alkanes of at least 4 members (excludes halogenated alkanes) is 25. The Kier molecular flexibility index (Phi) is 50.3. The van der Waals surface area contributed by atoms with Gasteiger partial charge in [-0.2, -0.15) is 0 Å². The Morgan fingerprint density at radius 1 is 0.430 bits per heavy atom. The Morgan fingerprint density at radius 2 is 0.823 bits per heavy atom. The normalized spacial score (nSPS) is 18.4. The van der Waals surface area contributed by atoms with Crippen molar-refractivity contribution in [2.75, 3.05) is 13.2 Å². The number of rotatable bonds is 53. The van der Waals surface area contributed by atoms with Crippen molar-refractivity contribution >= 4 is 23.9 Å². The van der Waals surface area contributed by atoms with E-state index in [0.717, 1.165) is 103 Å². The number of allylic oxidation sites excluding steroid dienone is 14. The van der Waals surface area contributed by atoms with E-state index < -0.39 is 67.3 Å². The van der Waals surface area contributed by atoms with Crippen LogP contribution >= 0.6 is 0 Å². The van der Waals surface area contributed by atoms with Crippen molar-refractivity contribution in [2.45, 2.75) is 302 Å². The molecular weight excluding hydrogens is 997 g/mol. The second-order valence-corrected chi connectivity index (χ2v) is 21.3. The van der Waals surface area contributed by atoms with E-state index in [0.29, 0.717) is 19.3 Å². The molecule has 1 aliphatic rings. The third-order valence-corrected chi connectivity index (χ3v) is 14.0. The zero-order valence-electron chi connectivity index (χ0n) is 49.8. The van der Waals surface area contributed by atoms with Crippen molar-refractivity contribution in [2.24, 2.45) is 0 Å². The molecule has 0 amide bonds. The number of hydrogen-bond donors (Lipinski definition) is 3. The number of aliphatic hydroxyl groups excluding tert-OH is 2. The van der Waals surface area contributed by atoms with Gasteiger partial charge in [0.25, 0.3) is 0 Å². The molecule has 1 fully saturated rings. The third kappa shape index (κ3) is 44.3. The largest absolute Gasteiger partial charge is 0.479 e. The topological polar surface area (TPSA) is 175 Å². The van der Waals surface area contributed by atoms with Crippen LogP contribution in [0.4, 0.5) is 0 Å². The van der Waals surface area contributed by atoms with Gasteiger partial charge < -0.3 is 39.0 Å². The minimum Gasteiger partial charge on any atom is -0.479 e. The molecule has 1 heterocycles. The van der Waals surface area contributed by atoms with E-state index in [4.69, 9.17) is 23.7 Å². The molecule has 0 aromatic carbocycles. The molecule has 0 saturated carbocycles. The van der Waals surface area contributed by atoms with Crippen LogP contribution in [-0.2, 0) is 42.9 Å². The molecule has 0 bridgehead atoms. The van der Waals surface area contributed by atoms with Gasteiger partial charge in [0.05, 0.1) is 6.61 Å². The van der Waals surface area contributed by atoms with E-state index in [1.54, 1.807) is 0 Å². The molecule has 1 aliphatic heterocycles. The summed E-state index contributed by atoms with van der Waals surface area (Å²) in [6.45, 7) is 5.81. The number of carbonyl (C=O) groups excluding carboxylic acids is 3. The van der Waals surface area contributed by atoms with Gasteiger partial charge in [0, 0.05) is 19.3 Å². The fourth-order valence-electron chi connectivity index (χ4n) is 9.15. The zero-order valence-corrected chi connectivity index (χ0v) is 49.8. The fraction of sp³-hybridized carbons (Fsp3) is 0.731. The SMILES string of the molecule is CC/C=C\C/C=C\C/C=C\C/C=C\C/C=C\C/C=C\CCC(=O)OCC(COC1OC(C(=O)O)C(O)C(O)C1OC(=O)CCCCCCCCCCCCCCCCCCC)OC(=O)CCCCCCC/C=C\CCCCCC. The molecule has 3 N–H and O–H groups in total. The second kappa shape index (κ2) is 54.5. The highest BCUT2D eigenvalue weighted by molar-refractivity contribution is 5.74. The molecule has 79 heavy (non-hydrogen) atoms. The molecule has 6 unspecified atom stereocenters. The van der Waals surface area contributed by atoms with Crippen molar-refractivity contribution in [3.05, 3.63) is 85.1 Å². The molecule has 452 valence electrons. The first-order chi connectivity index (χ1) is 38.6. The molecule has 6 atom stereocenters. The van der Waals surface area contributed by atoms with Crippen LogP contribution in [0.2, 0.25) is 0 Å². The van der Waals surface area contributed by atoms with Crippen molar-refractivity contribution < 1.29 is 58.2 Å². The van der Waals surface area contributed by atoms with Gasteiger partial charge in [-0.15, -0.1) is 0 Å². The highest BCUT2D eigenvalue weighted by atomic mass is 16.7. The summed E-state index contributed by atoms with van der Waals surface area (Å²) in [5.74, 6) is -3.23. The summed E-state index contributed by atoms with van der Waals surface area (Å²) in [4.78, 5) is 51.2. The van der Waals surface area contributed by atoms with E-state index in [1.807, 2.05) is 12.2 Å². The molecule has 12 nitrogen and oxygen atoms in total. The van der Waals surface area contributed by atoms with Crippen LogP contribution in [0.15, 0.2) is 85.1 Å². The Labute approximate surface area is 480 Å². The molecule has 0 spiro atoms. The Morgan fingerprint density at radius 3 is 1.28 bits per heavy atom. The molecule has 0 aromatic rings. The number of carboxylic acids is 1. The Bertz CT molecular complexity index is 1700. The number of ether oxygens (including phenoxy) is 5. The van der Waals surface area contributed by atoms with E-state index in [1.165, 1.54) is 103 Å². The third-order valence-electron chi connectivity index (χ3n) is 14.0.